The van der Waals surface area contributed by atoms with Crippen molar-refractivity contribution in [3.8, 4) is 11.5 Å². The van der Waals surface area contributed by atoms with Crippen LogP contribution in [0.2, 0.25) is 0 Å². The van der Waals surface area contributed by atoms with Gasteiger partial charge in [0.15, 0.2) is 0 Å². The van der Waals surface area contributed by atoms with Crippen LogP contribution in [0, 0.1) is 0 Å². The molecular formula is C18H22N2O. The van der Waals surface area contributed by atoms with Crippen LogP contribution in [-0.4, -0.2) is 26.2 Å². The van der Waals surface area contributed by atoms with Gasteiger partial charge in [-0.05, 0) is 50.2 Å². The largest absolute Gasteiger partial charge is 0.457 e. The lowest BCUT2D eigenvalue weighted by Crippen LogP contribution is -2.33. The second-order valence-corrected chi connectivity index (χ2v) is 5.36. The van der Waals surface area contributed by atoms with Gasteiger partial charge in [-0.15, -0.1) is 0 Å². The molecule has 1 fully saturated rings. The lowest BCUT2D eigenvalue weighted by atomic mass is 10.2. The normalized spacial score (nSPS) is 16.1. The molecular weight excluding hydrogens is 260 g/mol. The van der Waals surface area contributed by atoms with Gasteiger partial charge in [-0.25, -0.2) is 0 Å². The van der Waals surface area contributed by atoms with Crippen molar-refractivity contribution < 1.29 is 4.74 Å². The van der Waals surface area contributed by atoms with Gasteiger partial charge < -0.3 is 15.0 Å². The van der Waals surface area contributed by atoms with Crippen LogP contribution in [0.5, 0.6) is 11.5 Å². The van der Waals surface area contributed by atoms with Crippen molar-refractivity contribution in [3.63, 3.8) is 0 Å². The summed E-state index contributed by atoms with van der Waals surface area (Å²) in [4.78, 5) is 2.46. The predicted octanol–water partition coefficient (Wildman–Crippen LogP) is 3.67. The molecule has 2 aromatic carbocycles. The lowest BCUT2D eigenvalue weighted by Gasteiger charge is -2.27. The number of benzene rings is 2. The first kappa shape index (κ1) is 14.0. The maximum Gasteiger partial charge on any atom is 0.129 e. The number of ether oxygens (including phenoxy) is 1. The van der Waals surface area contributed by atoms with Gasteiger partial charge in [-0.3, -0.25) is 0 Å². The van der Waals surface area contributed by atoms with E-state index >= 15 is 0 Å². The number of para-hydroxylation sites is 1. The summed E-state index contributed by atoms with van der Waals surface area (Å²) >= 11 is 0. The van der Waals surface area contributed by atoms with E-state index in [0.29, 0.717) is 0 Å². The van der Waals surface area contributed by atoms with E-state index in [9.17, 15) is 0 Å². The smallest absolute Gasteiger partial charge is 0.129 e. The van der Waals surface area contributed by atoms with E-state index in [1.807, 2.05) is 36.4 Å². The standard InChI is InChI=1S/C18H22N2O/c1-2-8-17(9-3-1)21-18-10-4-7-16(15-18)20-13-5-11-19-12-6-14-20/h1-4,7-10,15,19H,5-6,11-14H2. The molecule has 3 rings (SSSR count). The predicted molar refractivity (Wildman–Crippen MR) is 87.3 cm³/mol. The Kier molecular flexibility index (Phi) is 4.74. The van der Waals surface area contributed by atoms with Gasteiger partial charge >= 0.3 is 0 Å². The summed E-state index contributed by atoms with van der Waals surface area (Å²) in [6.45, 7) is 4.41. The minimum Gasteiger partial charge on any atom is -0.457 e. The fourth-order valence-corrected chi connectivity index (χ4v) is 2.65. The Morgan fingerprint density at radius 3 is 2.29 bits per heavy atom. The molecule has 110 valence electrons. The Labute approximate surface area is 126 Å². The van der Waals surface area contributed by atoms with Gasteiger partial charge in [0.2, 0.25) is 0 Å². The first-order valence-corrected chi connectivity index (χ1v) is 7.70. The summed E-state index contributed by atoms with van der Waals surface area (Å²) in [5.74, 6) is 1.78. The number of hydrogen-bond donors (Lipinski definition) is 1. The molecule has 1 heterocycles. The molecule has 0 atom stereocenters. The number of rotatable bonds is 3. The van der Waals surface area contributed by atoms with E-state index < -0.39 is 0 Å². The van der Waals surface area contributed by atoms with Crippen molar-refractivity contribution in [1.29, 1.82) is 0 Å². The maximum absolute atomic E-state index is 5.93. The lowest BCUT2D eigenvalue weighted by molar-refractivity contribution is 0.482. The van der Waals surface area contributed by atoms with Gasteiger partial charge in [0.1, 0.15) is 11.5 Å². The highest BCUT2D eigenvalue weighted by atomic mass is 16.5. The van der Waals surface area contributed by atoms with Crippen molar-refractivity contribution in [3.05, 3.63) is 54.6 Å². The molecule has 3 heteroatoms. The van der Waals surface area contributed by atoms with Crippen molar-refractivity contribution >= 4 is 5.69 Å². The number of nitrogens with zero attached hydrogens (tertiary/aromatic N) is 1. The van der Waals surface area contributed by atoms with Crippen LogP contribution in [0.4, 0.5) is 5.69 Å². The van der Waals surface area contributed by atoms with Gasteiger partial charge in [0.05, 0.1) is 0 Å². The second kappa shape index (κ2) is 7.14. The summed E-state index contributed by atoms with van der Waals surface area (Å²) in [5.41, 5.74) is 1.25. The summed E-state index contributed by atoms with van der Waals surface area (Å²) in [7, 11) is 0. The van der Waals surface area contributed by atoms with E-state index in [-0.39, 0.29) is 0 Å². The third-order valence-corrected chi connectivity index (χ3v) is 3.72. The van der Waals surface area contributed by atoms with E-state index in [2.05, 4.69) is 28.4 Å². The molecule has 0 amide bonds. The molecule has 0 aromatic heterocycles. The van der Waals surface area contributed by atoms with Crippen LogP contribution in [0.1, 0.15) is 12.8 Å². The minimum atomic E-state index is 0.881. The third-order valence-electron chi connectivity index (χ3n) is 3.72. The molecule has 0 radical (unpaired) electrons. The number of anilines is 1. The van der Waals surface area contributed by atoms with Crippen LogP contribution in [0.25, 0.3) is 0 Å². The second-order valence-electron chi connectivity index (χ2n) is 5.36. The number of hydrogen-bond acceptors (Lipinski definition) is 3. The zero-order valence-corrected chi connectivity index (χ0v) is 12.3. The molecule has 0 bridgehead atoms. The Morgan fingerprint density at radius 1 is 0.810 bits per heavy atom. The molecule has 0 spiro atoms. The van der Waals surface area contributed by atoms with E-state index in [1.165, 1.54) is 18.5 Å². The molecule has 1 aliphatic rings. The Balaban J connectivity index is 1.72. The Morgan fingerprint density at radius 2 is 1.52 bits per heavy atom. The topological polar surface area (TPSA) is 24.5 Å². The zero-order chi connectivity index (χ0) is 14.3. The molecule has 2 aromatic rings. The molecule has 0 saturated carbocycles. The van der Waals surface area contributed by atoms with Crippen molar-refractivity contribution in [2.45, 2.75) is 12.8 Å². The highest BCUT2D eigenvalue weighted by Crippen LogP contribution is 2.26. The molecule has 21 heavy (non-hydrogen) atoms. The average molecular weight is 282 g/mol. The minimum absolute atomic E-state index is 0.881. The third kappa shape index (κ3) is 3.99. The quantitative estimate of drug-likeness (QED) is 0.929. The summed E-state index contributed by atoms with van der Waals surface area (Å²) in [6.07, 6.45) is 2.37. The van der Waals surface area contributed by atoms with Crippen molar-refractivity contribution in [2.24, 2.45) is 0 Å². The van der Waals surface area contributed by atoms with E-state index in [1.54, 1.807) is 0 Å². The SMILES string of the molecule is c1ccc(Oc2cccc(N3CCCNCCC3)c2)cc1. The molecule has 1 saturated heterocycles. The van der Waals surface area contributed by atoms with Crippen LogP contribution in [0.3, 0.4) is 0 Å². The van der Waals surface area contributed by atoms with Gasteiger partial charge in [0.25, 0.3) is 0 Å². The molecule has 3 nitrogen and oxygen atoms in total. The van der Waals surface area contributed by atoms with E-state index in [0.717, 1.165) is 37.7 Å². The fourth-order valence-electron chi connectivity index (χ4n) is 2.65. The Hall–Kier alpha value is -2.00. The van der Waals surface area contributed by atoms with Crippen LogP contribution >= 0.6 is 0 Å². The number of nitrogens with one attached hydrogen (secondary N) is 1. The zero-order valence-electron chi connectivity index (χ0n) is 12.3. The van der Waals surface area contributed by atoms with Gasteiger partial charge in [-0.1, -0.05) is 24.3 Å². The molecule has 0 aliphatic carbocycles. The summed E-state index contributed by atoms with van der Waals surface area (Å²) in [6, 6.07) is 18.3. The van der Waals surface area contributed by atoms with Crippen LogP contribution < -0.4 is 15.0 Å². The first-order chi connectivity index (χ1) is 10.4. The van der Waals surface area contributed by atoms with Crippen LogP contribution in [-0.2, 0) is 0 Å². The summed E-state index contributed by atoms with van der Waals surface area (Å²) < 4.78 is 5.93. The molecule has 1 aliphatic heterocycles. The van der Waals surface area contributed by atoms with Crippen LogP contribution in [0.15, 0.2) is 54.6 Å². The first-order valence-electron chi connectivity index (χ1n) is 7.70. The monoisotopic (exact) mass is 282 g/mol. The van der Waals surface area contributed by atoms with Crippen molar-refractivity contribution in [1.82, 2.24) is 5.32 Å². The fraction of sp³-hybridized carbons (Fsp3) is 0.333. The maximum atomic E-state index is 5.93. The van der Waals surface area contributed by atoms with Gasteiger partial charge in [0, 0.05) is 24.8 Å². The highest BCUT2D eigenvalue weighted by Gasteiger charge is 2.09. The molecule has 1 N–H and O–H groups in total. The summed E-state index contributed by atoms with van der Waals surface area (Å²) in [5, 5.41) is 3.45. The van der Waals surface area contributed by atoms with E-state index in [4.69, 9.17) is 4.74 Å². The Bertz CT molecular complexity index is 548. The van der Waals surface area contributed by atoms with Gasteiger partial charge in [-0.2, -0.15) is 0 Å². The van der Waals surface area contributed by atoms with Crippen molar-refractivity contribution in [2.75, 3.05) is 31.1 Å². The molecule has 0 unspecified atom stereocenters. The highest BCUT2D eigenvalue weighted by molar-refractivity contribution is 5.51. The average Bonchev–Trinajstić information content (AvgIpc) is 2.48.